The molecule has 1 aromatic heterocycles. The van der Waals surface area contributed by atoms with Crippen molar-refractivity contribution in [1.29, 1.82) is 0 Å². The molecule has 2 heterocycles. The summed E-state index contributed by atoms with van der Waals surface area (Å²) >= 11 is 0. The molecule has 7 nitrogen and oxygen atoms in total. The van der Waals surface area contributed by atoms with Gasteiger partial charge in [-0.2, -0.15) is 0 Å². The van der Waals surface area contributed by atoms with E-state index in [9.17, 15) is 4.79 Å². The number of anilines is 1. The van der Waals surface area contributed by atoms with Crippen LogP contribution in [0.3, 0.4) is 0 Å². The summed E-state index contributed by atoms with van der Waals surface area (Å²) in [6.45, 7) is 7.77. The summed E-state index contributed by atoms with van der Waals surface area (Å²) in [5.74, 6) is 0.749. The van der Waals surface area contributed by atoms with Gasteiger partial charge in [0.15, 0.2) is 0 Å². The normalized spacial score (nSPS) is 18.2. The zero-order valence-corrected chi connectivity index (χ0v) is 15.7. The van der Waals surface area contributed by atoms with Crippen LogP contribution >= 0.6 is 0 Å². The summed E-state index contributed by atoms with van der Waals surface area (Å²) in [7, 11) is 1.76. The van der Waals surface area contributed by atoms with E-state index in [1.165, 1.54) is 0 Å². The molecule has 1 aliphatic rings. The first-order chi connectivity index (χ1) is 12.5. The van der Waals surface area contributed by atoms with Gasteiger partial charge in [-0.25, -0.2) is 4.98 Å². The number of benzene rings is 1. The van der Waals surface area contributed by atoms with E-state index < -0.39 is 0 Å². The Kier molecular flexibility index (Phi) is 6.00. The average Bonchev–Trinajstić information content (AvgIpc) is 3.01. The predicted octanol–water partition coefficient (Wildman–Crippen LogP) is 2.31. The van der Waals surface area contributed by atoms with Crippen LogP contribution in [0.15, 0.2) is 30.6 Å². The molecular formula is C19H27N5O2. The van der Waals surface area contributed by atoms with Gasteiger partial charge in [0.2, 0.25) is 5.95 Å². The first-order valence-corrected chi connectivity index (χ1v) is 9.09. The molecule has 0 bridgehead atoms. The SMILES string of the molecule is CC(C)C[C@@H]1COCCN1Cc1cccc(C(=O)Nc2ncn(C)n2)c1. The predicted molar refractivity (Wildman–Crippen MR) is 99.9 cm³/mol. The standard InChI is InChI=1S/C19H27N5O2/c1-14(2)9-17-12-26-8-7-24(17)11-15-5-4-6-16(10-15)18(25)21-19-20-13-23(3)22-19/h4-6,10,13-14,17H,7-9,11-12H2,1-3H3,(H,21,22,25)/t17-/m1/s1. The molecule has 0 radical (unpaired) electrons. The van der Waals surface area contributed by atoms with E-state index in [0.717, 1.165) is 38.3 Å². The number of rotatable bonds is 6. The van der Waals surface area contributed by atoms with Crippen LogP contribution in [0.25, 0.3) is 0 Å². The minimum atomic E-state index is -0.196. The molecule has 1 atom stereocenters. The molecule has 3 rings (SSSR count). The van der Waals surface area contributed by atoms with E-state index in [1.54, 1.807) is 18.1 Å². The number of nitrogens with zero attached hydrogens (tertiary/aromatic N) is 4. The maximum Gasteiger partial charge on any atom is 0.258 e. The van der Waals surface area contributed by atoms with Gasteiger partial charge in [-0.3, -0.25) is 19.7 Å². The van der Waals surface area contributed by atoms with Crippen LogP contribution in [0.1, 0.15) is 36.2 Å². The van der Waals surface area contributed by atoms with Gasteiger partial charge in [0.05, 0.1) is 13.2 Å². The molecule has 1 aromatic carbocycles. The number of amides is 1. The molecule has 0 saturated carbocycles. The third kappa shape index (κ3) is 4.89. The highest BCUT2D eigenvalue weighted by molar-refractivity contribution is 6.03. The molecule has 7 heteroatoms. The number of ether oxygens (including phenoxy) is 1. The van der Waals surface area contributed by atoms with Crippen LogP contribution in [0, 0.1) is 5.92 Å². The second-order valence-electron chi connectivity index (χ2n) is 7.23. The van der Waals surface area contributed by atoms with Crippen LogP contribution in [0.5, 0.6) is 0 Å². The molecule has 0 aliphatic carbocycles. The van der Waals surface area contributed by atoms with Gasteiger partial charge in [0.1, 0.15) is 6.33 Å². The monoisotopic (exact) mass is 357 g/mol. The van der Waals surface area contributed by atoms with Crippen molar-refractivity contribution < 1.29 is 9.53 Å². The van der Waals surface area contributed by atoms with Gasteiger partial charge in [-0.1, -0.05) is 26.0 Å². The highest BCUT2D eigenvalue weighted by Gasteiger charge is 2.24. The minimum absolute atomic E-state index is 0.196. The molecule has 140 valence electrons. The molecule has 1 N–H and O–H groups in total. The fraction of sp³-hybridized carbons (Fsp3) is 0.526. The van der Waals surface area contributed by atoms with Gasteiger partial charge in [-0.15, -0.1) is 5.10 Å². The summed E-state index contributed by atoms with van der Waals surface area (Å²) in [4.78, 5) is 18.9. The van der Waals surface area contributed by atoms with E-state index in [2.05, 4.69) is 40.2 Å². The Hall–Kier alpha value is -2.25. The second kappa shape index (κ2) is 8.42. The third-order valence-electron chi connectivity index (χ3n) is 4.49. The first-order valence-electron chi connectivity index (χ1n) is 9.09. The number of aromatic nitrogens is 3. The molecule has 26 heavy (non-hydrogen) atoms. The van der Waals surface area contributed by atoms with Crippen LogP contribution < -0.4 is 5.32 Å². The smallest absolute Gasteiger partial charge is 0.258 e. The van der Waals surface area contributed by atoms with Crippen molar-refractivity contribution in [3.05, 3.63) is 41.7 Å². The Morgan fingerprint density at radius 3 is 3.00 bits per heavy atom. The quantitative estimate of drug-likeness (QED) is 0.859. The van der Waals surface area contributed by atoms with Crippen molar-refractivity contribution in [2.75, 3.05) is 25.1 Å². The van der Waals surface area contributed by atoms with Crippen molar-refractivity contribution in [2.24, 2.45) is 13.0 Å². The summed E-state index contributed by atoms with van der Waals surface area (Å²) in [5, 5.41) is 6.81. The highest BCUT2D eigenvalue weighted by Crippen LogP contribution is 2.19. The van der Waals surface area contributed by atoms with Gasteiger partial charge in [0.25, 0.3) is 5.91 Å². The van der Waals surface area contributed by atoms with Crippen LogP contribution in [0.4, 0.5) is 5.95 Å². The fourth-order valence-electron chi connectivity index (χ4n) is 3.27. The zero-order valence-electron chi connectivity index (χ0n) is 15.7. The molecule has 1 fully saturated rings. The maximum absolute atomic E-state index is 12.4. The number of aryl methyl sites for hydroxylation is 1. The third-order valence-corrected chi connectivity index (χ3v) is 4.49. The Bertz CT molecular complexity index is 743. The largest absolute Gasteiger partial charge is 0.378 e. The van der Waals surface area contributed by atoms with Crippen LogP contribution in [-0.2, 0) is 18.3 Å². The Balaban J connectivity index is 1.67. The van der Waals surface area contributed by atoms with E-state index >= 15 is 0 Å². The summed E-state index contributed by atoms with van der Waals surface area (Å²) in [6, 6.07) is 8.18. The van der Waals surface area contributed by atoms with Crippen molar-refractivity contribution in [2.45, 2.75) is 32.9 Å². The number of carbonyl (C=O) groups is 1. The topological polar surface area (TPSA) is 72.3 Å². The number of morpholine rings is 1. The Morgan fingerprint density at radius 1 is 1.42 bits per heavy atom. The zero-order chi connectivity index (χ0) is 18.5. The second-order valence-corrected chi connectivity index (χ2v) is 7.23. The first kappa shape index (κ1) is 18.5. The molecule has 0 unspecified atom stereocenters. The van der Waals surface area contributed by atoms with Gasteiger partial charge in [0, 0.05) is 31.7 Å². The molecule has 0 spiro atoms. The lowest BCUT2D eigenvalue weighted by molar-refractivity contribution is -0.0186. The van der Waals surface area contributed by atoms with Gasteiger partial charge < -0.3 is 4.74 Å². The van der Waals surface area contributed by atoms with Crippen molar-refractivity contribution in [3.63, 3.8) is 0 Å². The lowest BCUT2D eigenvalue weighted by atomic mass is 10.0. The summed E-state index contributed by atoms with van der Waals surface area (Å²) in [6.07, 6.45) is 2.67. The van der Waals surface area contributed by atoms with E-state index in [0.29, 0.717) is 23.5 Å². The number of nitrogens with one attached hydrogen (secondary N) is 1. The lowest BCUT2D eigenvalue weighted by Crippen LogP contribution is -2.45. The summed E-state index contributed by atoms with van der Waals surface area (Å²) in [5.41, 5.74) is 1.74. The molecule has 1 saturated heterocycles. The lowest BCUT2D eigenvalue weighted by Gasteiger charge is -2.36. The minimum Gasteiger partial charge on any atom is -0.378 e. The van der Waals surface area contributed by atoms with Gasteiger partial charge in [-0.05, 0) is 30.0 Å². The molecular weight excluding hydrogens is 330 g/mol. The highest BCUT2D eigenvalue weighted by atomic mass is 16.5. The van der Waals surface area contributed by atoms with E-state index in [1.807, 2.05) is 18.2 Å². The Labute approximate surface area is 154 Å². The van der Waals surface area contributed by atoms with Gasteiger partial charge >= 0.3 is 0 Å². The van der Waals surface area contributed by atoms with Crippen LogP contribution in [-0.4, -0.2) is 51.4 Å². The molecule has 1 aliphatic heterocycles. The summed E-state index contributed by atoms with van der Waals surface area (Å²) < 4.78 is 7.21. The fourth-order valence-corrected chi connectivity index (χ4v) is 3.27. The number of carbonyl (C=O) groups excluding carboxylic acids is 1. The number of hydrogen-bond acceptors (Lipinski definition) is 5. The van der Waals surface area contributed by atoms with E-state index in [-0.39, 0.29) is 5.91 Å². The molecule has 1 amide bonds. The van der Waals surface area contributed by atoms with Crippen LogP contribution in [0.2, 0.25) is 0 Å². The van der Waals surface area contributed by atoms with Crippen molar-refractivity contribution >= 4 is 11.9 Å². The number of hydrogen-bond donors (Lipinski definition) is 1. The average molecular weight is 357 g/mol. The van der Waals surface area contributed by atoms with Crippen molar-refractivity contribution in [3.8, 4) is 0 Å². The van der Waals surface area contributed by atoms with Crippen molar-refractivity contribution in [1.82, 2.24) is 19.7 Å². The Morgan fingerprint density at radius 2 is 2.27 bits per heavy atom. The molecule has 2 aromatic rings. The maximum atomic E-state index is 12.4. The van der Waals surface area contributed by atoms with E-state index in [4.69, 9.17) is 4.74 Å².